The fraction of sp³-hybridized carbons (Fsp3) is 0.688. The SMILES string of the molecule is C=C(C)C(=O)OC(CC)CSc1nnc(SCCCCCC)s1. The van der Waals surface area contributed by atoms with Crippen LogP contribution in [0.3, 0.4) is 0 Å². The summed E-state index contributed by atoms with van der Waals surface area (Å²) in [5.74, 6) is 1.48. The van der Waals surface area contributed by atoms with Crippen molar-refractivity contribution in [3.8, 4) is 0 Å². The quantitative estimate of drug-likeness (QED) is 0.217. The van der Waals surface area contributed by atoms with E-state index in [1.54, 1.807) is 41.8 Å². The van der Waals surface area contributed by atoms with Crippen LogP contribution in [0.15, 0.2) is 20.8 Å². The van der Waals surface area contributed by atoms with Gasteiger partial charge < -0.3 is 4.74 Å². The zero-order chi connectivity index (χ0) is 17.1. The van der Waals surface area contributed by atoms with Gasteiger partial charge in [0.15, 0.2) is 8.68 Å². The number of aromatic nitrogens is 2. The molecular weight excluding hydrogens is 348 g/mol. The van der Waals surface area contributed by atoms with E-state index in [0.717, 1.165) is 20.9 Å². The van der Waals surface area contributed by atoms with Crippen molar-refractivity contribution in [2.75, 3.05) is 11.5 Å². The van der Waals surface area contributed by atoms with Gasteiger partial charge in [-0.3, -0.25) is 0 Å². The molecule has 130 valence electrons. The zero-order valence-corrected chi connectivity index (χ0v) is 16.6. The summed E-state index contributed by atoms with van der Waals surface area (Å²) >= 11 is 5.00. The first-order valence-electron chi connectivity index (χ1n) is 8.02. The lowest BCUT2D eigenvalue weighted by atomic mass is 10.2. The highest BCUT2D eigenvalue weighted by Crippen LogP contribution is 2.30. The van der Waals surface area contributed by atoms with Gasteiger partial charge in [-0.1, -0.05) is 74.5 Å². The number of thioether (sulfide) groups is 2. The molecule has 0 aromatic carbocycles. The highest BCUT2D eigenvalue weighted by molar-refractivity contribution is 8.03. The van der Waals surface area contributed by atoms with Gasteiger partial charge in [-0.05, 0) is 19.8 Å². The van der Waals surface area contributed by atoms with Gasteiger partial charge in [0, 0.05) is 17.1 Å². The van der Waals surface area contributed by atoms with E-state index < -0.39 is 0 Å². The van der Waals surface area contributed by atoms with Gasteiger partial charge in [-0.2, -0.15) is 0 Å². The molecule has 0 radical (unpaired) electrons. The van der Waals surface area contributed by atoms with Crippen LogP contribution in [-0.4, -0.2) is 33.8 Å². The number of carbonyl (C=O) groups is 1. The van der Waals surface area contributed by atoms with Crippen molar-refractivity contribution < 1.29 is 9.53 Å². The van der Waals surface area contributed by atoms with E-state index in [1.165, 1.54) is 25.7 Å². The van der Waals surface area contributed by atoms with Crippen molar-refractivity contribution in [2.45, 2.75) is 67.7 Å². The van der Waals surface area contributed by atoms with Gasteiger partial charge in [0.05, 0.1) is 0 Å². The predicted molar refractivity (Wildman–Crippen MR) is 100 cm³/mol. The molecule has 0 aliphatic heterocycles. The lowest BCUT2D eigenvalue weighted by molar-refractivity contribution is -0.143. The molecule has 0 N–H and O–H groups in total. The van der Waals surface area contributed by atoms with Crippen LogP contribution in [0.1, 0.15) is 52.9 Å². The molecular formula is C16H26N2O2S3. The van der Waals surface area contributed by atoms with E-state index in [4.69, 9.17) is 4.74 Å². The zero-order valence-electron chi connectivity index (χ0n) is 14.2. The largest absolute Gasteiger partial charge is 0.458 e. The molecule has 1 heterocycles. The van der Waals surface area contributed by atoms with Crippen LogP contribution in [0.5, 0.6) is 0 Å². The molecule has 7 heteroatoms. The Morgan fingerprint density at radius 3 is 2.52 bits per heavy atom. The Balaban J connectivity index is 2.31. The standard InChI is InChI=1S/C16H26N2O2S3/c1-5-7-8-9-10-21-15-17-18-16(23-15)22-11-13(6-2)20-14(19)12(3)4/h13H,3,5-11H2,1-2,4H3. The van der Waals surface area contributed by atoms with E-state index >= 15 is 0 Å². The van der Waals surface area contributed by atoms with Crippen LogP contribution in [0.25, 0.3) is 0 Å². The highest BCUT2D eigenvalue weighted by Gasteiger charge is 2.15. The van der Waals surface area contributed by atoms with Gasteiger partial charge in [-0.25, -0.2) is 4.79 Å². The van der Waals surface area contributed by atoms with Crippen molar-refractivity contribution in [2.24, 2.45) is 0 Å². The monoisotopic (exact) mass is 374 g/mol. The molecule has 0 bridgehead atoms. The van der Waals surface area contributed by atoms with E-state index in [9.17, 15) is 4.79 Å². The van der Waals surface area contributed by atoms with Crippen LogP contribution in [-0.2, 0) is 9.53 Å². The first-order chi connectivity index (χ1) is 11.1. The summed E-state index contributed by atoms with van der Waals surface area (Å²) in [6, 6.07) is 0. The van der Waals surface area contributed by atoms with Crippen molar-refractivity contribution in [3.05, 3.63) is 12.2 Å². The Morgan fingerprint density at radius 1 is 1.22 bits per heavy atom. The Kier molecular flexibility index (Phi) is 10.6. The number of rotatable bonds is 12. The molecule has 0 amide bonds. The molecule has 4 nitrogen and oxygen atoms in total. The third-order valence-electron chi connectivity index (χ3n) is 3.08. The molecule has 0 spiro atoms. The van der Waals surface area contributed by atoms with Gasteiger partial charge in [0.1, 0.15) is 6.10 Å². The van der Waals surface area contributed by atoms with E-state index in [1.807, 2.05) is 6.92 Å². The predicted octanol–water partition coefficient (Wildman–Crippen LogP) is 5.20. The molecule has 1 unspecified atom stereocenters. The van der Waals surface area contributed by atoms with Gasteiger partial charge in [0.25, 0.3) is 0 Å². The second-order valence-electron chi connectivity index (χ2n) is 5.27. The summed E-state index contributed by atoms with van der Waals surface area (Å²) in [5.41, 5.74) is 0.436. The number of hydrogen-bond donors (Lipinski definition) is 0. The number of nitrogens with zero attached hydrogens (tertiary/aromatic N) is 2. The van der Waals surface area contributed by atoms with Gasteiger partial charge in [0.2, 0.25) is 0 Å². The topological polar surface area (TPSA) is 52.1 Å². The maximum atomic E-state index is 11.6. The summed E-state index contributed by atoms with van der Waals surface area (Å²) in [6.45, 7) is 9.50. The maximum Gasteiger partial charge on any atom is 0.333 e. The maximum absolute atomic E-state index is 11.6. The second-order valence-corrected chi connectivity index (χ2v) is 8.86. The molecule has 1 aromatic rings. The fourth-order valence-corrected chi connectivity index (χ4v) is 4.88. The average molecular weight is 375 g/mol. The molecule has 1 atom stereocenters. The number of ether oxygens (including phenoxy) is 1. The van der Waals surface area contributed by atoms with E-state index in [-0.39, 0.29) is 12.1 Å². The first kappa shape index (κ1) is 20.5. The minimum absolute atomic E-state index is 0.113. The van der Waals surface area contributed by atoms with Crippen LogP contribution in [0.2, 0.25) is 0 Å². The van der Waals surface area contributed by atoms with Crippen molar-refractivity contribution in [1.82, 2.24) is 10.2 Å². The molecule has 0 saturated heterocycles. The normalized spacial score (nSPS) is 12.1. The van der Waals surface area contributed by atoms with Gasteiger partial charge >= 0.3 is 5.97 Å². The molecule has 0 fully saturated rings. The van der Waals surface area contributed by atoms with Crippen LogP contribution in [0, 0.1) is 0 Å². The van der Waals surface area contributed by atoms with E-state index in [2.05, 4.69) is 23.7 Å². The number of unbranched alkanes of at least 4 members (excludes halogenated alkanes) is 3. The van der Waals surface area contributed by atoms with Crippen LogP contribution >= 0.6 is 34.9 Å². The van der Waals surface area contributed by atoms with Gasteiger partial charge in [-0.15, -0.1) is 10.2 Å². The average Bonchev–Trinajstić information content (AvgIpc) is 2.98. The third kappa shape index (κ3) is 8.77. The molecule has 23 heavy (non-hydrogen) atoms. The summed E-state index contributed by atoms with van der Waals surface area (Å²) in [4.78, 5) is 11.6. The Morgan fingerprint density at radius 2 is 1.91 bits per heavy atom. The molecule has 0 saturated carbocycles. The molecule has 0 aliphatic carbocycles. The summed E-state index contributed by atoms with van der Waals surface area (Å²) < 4.78 is 7.34. The molecule has 1 aromatic heterocycles. The van der Waals surface area contributed by atoms with Crippen LogP contribution in [0.4, 0.5) is 0 Å². The van der Waals surface area contributed by atoms with Crippen molar-refractivity contribution >= 4 is 40.8 Å². The summed E-state index contributed by atoms with van der Waals surface area (Å²) in [6.07, 6.45) is 5.76. The van der Waals surface area contributed by atoms with Crippen molar-refractivity contribution in [3.63, 3.8) is 0 Å². The molecule has 0 aliphatic rings. The Bertz CT molecular complexity index is 491. The smallest absolute Gasteiger partial charge is 0.333 e. The highest BCUT2D eigenvalue weighted by atomic mass is 32.2. The summed E-state index contributed by atoms with van der Waals surface area (Å²) in [7, 11) is 0. The third-order valence-corrected chi connectivity index (χ3v) is 6.49. The van der Waals surface area contributed by atoms with Crippen molar-refractivity contribution in [1.29, 1.82) is 0 Å². The number of esters is 1. The van der Waals surface area contributed by atoms with E-state index in [0.29, 0.717) is 11.3 Å². The lowest BCUT2D eigenvalue weighted by Crippen LogP contribution is -2.20. The Labute approximate surface area is 151 Å². The van der Waals surface area contributed by atoms with Crippen LogP contribution < -0.4 is 0 Å². The number of carbonyl (C=O) groups excluding carboxylic acids is 1. The number of hydrogen-bond acceptors (Lipinski definition) is 7. The molecule has 1 rings (SSSR count). The fourth-order valence-electron chi connectivity index (χ4n) is 1.65. The minimum Gasteiger partial charge on any atom is -0.458 e. The summed E-state index contributed by atoms with van der Waals surface area (Å²) in [5, 5.41) is 8.42. The Hall–Kier alpha value is -0.530. The first-order valence-corrected chi connectivity index (χ1v) is 10.8. The second kappa shape index (κ2) is 11.9. The lowest BCUT2D eigenvalue weighted by Gasteiger charge is -2.14. The minimum atomic E-state index is -0.321.